The monoisotopic (exact) mass is 315 g/mol. The molecule has 2 aromatic rings. The van der Waals surface area contributed by atoms with Crippen LogP contribution in [0.3, 0.4) is 0 Å². The summed E-state index contributed by atoms with van der Waals surface area (Å²) in [6, 6.07) is 4.23. The van der Waals surface area contributed by atoms with E-state index in [1.165, 1.54) is 0 Å². The third kappa shape index (κ3) is 2.55. The van der Waals surface area contributed by atoms with Crippen LogP contribution in [-0.2, 0) is 9.53 Å². The highest BCUT2D eigenvalue weighted by Crippen LogP contribution is 2.33. The number of carbonyl (C=O) groups excluding carboxylic acids is 1. The second-order valence-corrected chi connectivity index (χ2v) is 6.16. The fraction of sp³-hybridized carbons (Fsp3) is 0.562. The summed E-state index contributed by atoms with van der Waals surface area (Å²) in [5.74, 6) is 0.110. The Morgan fingerprint density at radius 3 is 2.87 bits per heavy atom. The predicted molar refractivity (Wildman–Crippen MR) is 85.4 cm³/mol. The maximum Gasteiger partial charge on any atom is 0.220 e. The van der Waals surface area contributed by atoms with Crippen LogP contribution < -0.4 is 4.90 Å². The summed E-state index contributed by atoms with van der Waals surface area (Å²) in [6.07, 6.45) is 4.00. The smallest absolute Gasteiger partial charge is 0.220 e. The van der Waals surface area contributed by atoms with Gasteiger partial charge >= 0.3 is 0 Å². The van der Waals surface area contributed by atoms with Crippen molar-refractivity contribution in [2.75, 3.05) is 37.7 Å². The van der Waals surface area contributed by atoms with Gasteiger partial charge in [0, 0.05) is 26.6 Å². The Hall–Kier alpha value is -2.15. The number of morpholine rings is 1. The van der Waals surface area contributed by atoms with Gasteiger partial charge in [0.05, 0.1) is 36.7 Å². The fourth-order valence-corrected chi connectivity index (χ4v) is 3.58. The number of anilines is 1. The summed E-state index contributed by atoms with van der Waals surface area (Å²) < 4.78 is 7.23. The number of likely N-dealkylation sites (tertiary alicyclic amines) is 1. The molecule has 23 heavy (non-hydrogen) atoms. The fourth-order valence-electron chi connectivity index (χ4n) is 3.58. The van der Waals surface area contributed by atoms with E-state index in [9.17, 15) is 4.79 Å². The molecule has 0 N–H and O–H groups in total. The molecule has 0 aliphatic carbocycles. The number of rotatable bonds is 2. The molecule has 0 radical (unpaired) electrons. The van der Waals surface area contributed by atoms with Crippen molar-refractivity contribution in [3.05, 3.63) is 24.0 Å². The lowest BCUT2D eigenvalue weighted by Crippen LogP contribution is -2.36. The number of nitrogens with zero attached hydrogens (tertiary/aromatic N) is 5. The second-order valence-electron chi connectivity index (χ2n) is 6.16. The zero-order valence-electron chi connectivity index (χ0n) is 13.3. The molecule has 0 spiro atoms. The SMILES string of the molecule is CC(=O)N1CCCC1c1nnn2cc(N3CCOCC3)ccc12. The lowest BCUT2D eigenvalue weighted by molar-refractivity contribution is -0.129. The zero-order valence-corrected chi connectivity index (χ0v) is 13.3. The quantitative estimate of drug-likeness (QED) is 0.834. The summed E-state index contributed by atoms with van der Waals surface area (Å²) in [5, 5.41) is 8.66. The van der Waals surface area contributed by atoms with Gasteiger partial charge in [-0.3, -0.25) is 4.79 Å². The molecule has 1 atom stereocenters. The number of pyridine rings is 1. The first kappa shape index (κ1) is 14.4. The third-order valence-electron chi connectivity index (χ3n) is 4.77. The molecular weight excluding hydrogens is 294 g/mol. The van der Waals surface area contributed by atoms with Crippen LogP contribution in [0.1, 0.15) is 31.5 Å². The summed E-state index contributed by atoms with van der Waals surface area (Å²) in [7, 11) is 0. The first-order valence-electron chi connectivity index (χ1n) is 8.19. The van der Waals surface area contributed by atoms with Crippen molar-refractivity contribution >= 4 is 17.1 Å². The van der Waals surface area contributed by atoms with Crippen LogP contribution in [0, 0.1) is 0 Å². The molecule has 2 saturated heterocycles. The summed E-state index contributed by atoms with van der Waals surface area (Å²) >= 11 is 0. The molecule has 0 bridgehead atoms. The normalized spacial score (nSPS) is 22.0. The minimum atomic E-state index is 0.0548. The average Bonchev–Trinajstić information content (AvgIpc) is 3.21. The van der Waals surface area contributed by atoms with Gasteiger partial charge in [-0.2, -0.15) is 0 Å². The van der Waals surface area contributed by atoms with Crippen LogP contribution in [0.25, 0.3) is 5.52 Å². The van der Waals surface area contributed by atoms with Crippen molar-refractivity contribution < 1.29 is 9.53 Å². The Balaban J connectivity index is 1.66. The molecule has 2 aromatic heterocycles. The first-order chi connectivity index (χ1) is 11.2. The van der Waals surface area contributed by atoms with Crippen LogP contribution in [0.5, 0.6) is 0 Å². The molecule has 7 nitrogen and oxygen atoms in total. The number of fused-ring (bicyclic) bond motifs is 1. The van der Waals surface area contributed by atoms with Crippen LogP contribution in [0.15, 0.2) is 18.3 Å². The van der Waals surface area contributed by atoms with Crippen LogP contribution >= 0.6 is 0 Å². The van der Waals surface area contributed by atoms with Crippen LogP contribution in [0.2, 0.25) is 0 Å². The van der Waals surface area contributed by atoms with Gasteiger partial charge in [0.15, 0.2) is 0 Å². The van der Waals surface area contributed by atoms with Crippen molar-refractivity contribution in [1.82, 2.24) is 19.7 Å². The predicted octanol–water partition coefficient (Wildman–Crippen LogP) is 1.25. The van der Waals surface area contributed by atoms with E-state index >= 15 is 0 Å². The van der Waals surface area contributed by atoms with Crippen molar-refractivity contribution in [3.8, 4) is 0 Å². The molecule has 2 aliphatic rings. The van der Waals surface area contributed by atoms with Gasteiger partial charge in [-0.25, -0.2) is 4.52 Å². The lowest BCUT2D eigenvalue weighted by atomic mass is 10.1. The lowest BCUT2D eigenvalue weighted by Gasteiger charge is -2.28. The Morgan fingerprint density at radius 1 is 1.26 bits per heavy atom. The average molecular weight is 315 g/mol. The minimum absolute atomic E-state index is 0.0548. The second kappa shape index (κ2) is 5.81. The molecule has 7 heteroatoms. The molecule has 0 saturated carbocycles. The number of aromatic nitrogens is 3. The molecule has 122 valence electrons. The summed E-state index contributed by atoms with van der Waals surface area (Å²) in [4.78, 5) is 16.0. The topological polar surface area (TPSA) is 63.0 Å². The maximum atomic E-state index is 11.8. The third-order valence-corrected chi connectivity index (χ3v) is 4.77. The van der Waals surface area contributed by atoms with E-state index in [0.717, 1.165) is 62.6 Å². The van der Waals surface area contributed by atoms with Gasteiger partial charge in [-0.15, -0.1) is 5.10 Å². The number of amides is 1. The summed E-state index contributed by atoms with van der Waals surface area (Å²) in [6.45, 7) is 5.75. The van der Waals surface area contributed by atoms with Gasteiger partial charge in [0.2, 0.25) is 5.91 Å². The number of hydrogen-bond acceptors (Lipinski definition) is 5. The largest absolute Gasteiger partial charge is 0.378 e. The van der Waals surface area contributed by atoms with Gasteiger partial charge in [0.25, 0.3) is 0 Å². The van der Waals surface area contributed by atoms with Gasteiger partial charge in [0.1, 0.15) is 5.69 Å². The van der Waals surface area contributed by atoms with E-state index in [4.69, 9.17) is 4.74 Å². The van der Waals surface area contributed by atoms with Crippen LogP contribution in [-0.4, -0.2) is 58.5 Å². The zero-order chi connectivity index (χ0) is 15.8. The van der Waals surface area contributed by atoms with E-state index in [-0.39, 0.29) is 11.9 Å². The van der Waals surface area contributed by atoms with Crippen LogP contribution in [0.4, 0.5) is 5.69 Å². The highest BCUT2D eigenvalue weighted by Gasteiger charge is 2.31. The molecule has 2 fully saturated rings. The number of hydrogen-bond donors (Lipinski definition) is 0. The standard InChI is InChI=1S/C16H21N5O2/c1-12(22)20-6-2-3-14(20)16-15-5-4-13(11-21(15)18-17-16)19-7-9-23-10-8-19/h4-5,11,14H,2-3,6-10H2,1H3. The Bertz CT molecular complexity index is 722. The Morgan fingerprint density at radius 2 is 2.09 bits per heavy atom. The molecule has 1 amide bonds. The van der Waals surface area contributed by atoms with E-state index in [0.29, 0.717) is 0 Å². The Labute approximate surface area is 134 Å². The highest BCUT2D eigenvalue weighted by molar-refractivity contribution is 5.74. The number of ether oxygens (including phenoxy) is 1. The van der Waals surface area contributed by atoms with E-state index in [1.807, 2.05) is 15.6 Å². The molecule has 0 aromatic carbocycles. The summed E-state index contributed by atoms with van der Waals surface area (Å²) in [5.41, 5.74) is 3.03. The van der Waals surface area contributed by atoms with Crippen molar-refractivity contribution in [2.45, 2.75) is 25.8 Å². The first-order valence-corrected chi connectivity index (χ1v) is 8.19. The molecule has 1 unspecified atom stereocenters. The van der Waals surface area contributed by atoms with Gasteiger partial charge in [-0.05, 0) is 25.0 Å². The van der Waals surface area contributed by atoms with Gasteiger partial charge < -0.3 is 14.5 Å². The molecule has 4 rings (SSSR count). The Kier molecular flexibility index (Phi) is 3.65. The van der Waals surface area contributed by atoms with Crippen molar-refractivity contribution in [2.24, 2.45) is 0 Å². The molecule has 2 aliphatic heterocycles. The van der Waals surface area contributed by atoms with Crippen molar-refractivity contribution in [1.29, 1.82) is 0 Å². The maximum absolute atomic E-state index is 11.8. The minimum Gasteiger partial charge on any atom is -0.378 e. The van der Waals surface area contributed by atoms with Gasteiger partial charge in [-0.1, -0.05) is 5.21 Å². The molecule has 4 heterocycles. The molecular formula is C16H21N5O2. The highest BCUT2D eigenvalue weighted by atomic mass is 16.5. The van der Waals surface area contributed by atoms with E-state index in [1.54, 1.807) is 6.92 Å². The van der Waals surface area contributed by atoms with E-state index < -0.39 is 0 Å². The van der Waals surface area contributed by atoms with E-state index in [2.05, 4.69) is 27.3 Å². The number of carbonyl (C=O) groups is 1. The van der Waals surface area contributed by atoms with Crippen molar-refractivity contribution in [3.63, 3.8) is 0 Å².